The fourth-order valence-electron chi connectivity index (χ4n) is 2.18. The van der Waals surface area contributed by atoms with Gasteiger partial charge in [-0.3, -0.25) is 0 Å². The molecule has 5 nitrogen and oxygen atoms in total. The first kappa shape index (κ1) is 13.6. The zero-order valence-electron chi connectivity index (χ0n) is 11.5. The minimum atomic E-state index is 0.512. The molecule has 1 aromatic heterocycles. The van der Waals surface area contributed by atoms with Gasteiger partial charge in [0.2, 0.25) is 5.95 Å². The van der Waals surface area contributed by atoms with Crippen molar-refractivity contribution in [2.75, 3.05) is 18.2 Å². The smallest absolute Gasteiger partial charge is 0.201 e. The summed E-state index contributed by atoms with van der Waals surface area (Å²) in [7, 11) is 1.62. The van der Waals surface area contributed by atoms with E-state index in [1.54, 1.807) is 7.11 Å². The number of H-pyrrole nitrogens is 1. The molecule has 3 rings (SSSR count). The predicted molar refractivity (Wildman–Crippen MR) is 85.8 cm³/mol. The number of methoxy groups -OCH3 is 1. The molecule has 0 radical (unpaired) electrons. The van der Waals surface area contributed by atoms with Crippen LogP contribution < -0.4 is 15.8 Å². The lowest BCUT2D eigenvalue weighted by atomic mass is 10.2. The Labute approximate surface area is 127 Å². The van der Waals surface area contributed by atoms with Crippen LogP contribution in [0.3, 0.4) is 0 Å². The first-order chi connectivity index (χ1) is 10.2. The number of fused-ring (bicyclic) bond motifs is 1. The number of hydrogen-bond donors (Lipinski definition) is 3. The normalized spacial score (nSPS) is 10.8. The van der Waals surface area contributed by atoms with Crippen molar-refractivity contribution in [2.24, 2.45) is 0 Å². The number of hydrogen-bond acceptors (Lipinski definition) is 4. The first-order valence-electron chi connectivity index (χ1n) is 6.48. The number of nitrogen functional groups attached to an aromatic ring is 1. The molecule has 0 aliphatic carbocycles. The average Bonchev–Trinajstić information content (AvgIpc) is 2.87. The molecule has 0 amide bonds. The van der Waals surface area contributed by atoms with Gasteiger partial charge in [0.15, 0.2) is 0 Å². The summed E-state index contributed by atoms with van der Waals surface area (Å²) < 4.78 is 5.32. The Kier molecular flexibility index (Phi) is 3.58. The van der Waals surface area contributed by atoms with E-state index in [-0.39, 0.29) is 0 Å². The number of imidazole rings is 1. The molecule has 6 heteroatoms. The summed E-state index contributed by atoms with van der Waals surface area (Å²) in [5, 5.41) is 3.87. The summed E-state index contributed by atoms with van der Waals surface area (Å²) in [4.78, 5) is 7.63. The number of aromatic amines is 1. The lowest BCUT2D eigenvalue weighted by molar-refractivity contribution is 0.410. The molecule has 0 fully saturated rings. The third-order valence-corrected chi connectivity index (χ3v) is 3.59. The molecule has 0 bridgehead atoms. The van der Waals surface area contributed by atoms with Crippen LogP contribution in [0.2, 0.25) is 5.02 Å². The average molecular weight is 303 g/mol. The number of nitrogens with zero attached hydrogens (tertiary/aromatic N) is 1. The van der Waals surface area contributed by atoms with Crippen LogP contribution in [0.4, 0.5) is 11.6 Å². The van der Waals surface area contributed by atoms with Crippen LogP contribution in [0.15, 0.2) is 36.4 Å². The summed E-state index contributed by atoms with van der Waals surface area (Å²) >= 11 is 6.21. The largest absolute Gasteiger partial charge is 0.496 e. The number of ether oxygens (including phenoxy) is 1. The van der Waals surface area contributed by atoms with E-state index in [1.165, 1.54) is 0 Å². The summed E-state index contributed by atoms with van der Waals surface area (Å²) in [6.07, 6.45) is 0. The van der Waals surface area contributed by atoms with Gasteiger partial charge >= 0.3 is 0 Å². The molecule has 0 aliphatic rings. The molecular weight excluding hydrogens is 288 g/mol. The number of benzene rings is 2. The fourth-order valence-corrected chi connectivity index (χ4v) is 2.42. The molecule has 4 N–H and O–H groups in total. The Hall–Kier alpha value is -2.40. The number of halogens is 1. The highest BCUT2D eigenvalue weighted by atomic mass is 35.5. The number of nitrogens with two attached hydrogens (primary N) is 1. The maximum absolute atomic E-state index is 6.21. The van der Waals surface area contributed by atoms with E-state index in [1.807, 2.05) is 36.4 Å². The van der Waals surface area contributed by atoms with Crippen LogP contribution in [-0.4, -0.2) is 17.1 Å². The molecule has 2 aromatic carbocycles. The van der Waals surface area contributed by atoms with Crippen molar-refractivity contribution in [2.45, 2.75) is 6.54 Å². The quantitative estimate of drug-likeness (QED) is 0.645. The SMILES string of the molecule is COc1cccc(Cl)c1CNc1nc2ccc(N)cc2[nH]1. The molecule has 0 saturated heterocycles. The molecule has 0 spiro atoms. The van der Waals surface area contributed by atoms with Gasteiger partial charge in [0.05, 0.1) is 18.1 Å². The van der Waals surface area contributed by atoms with Crippen molar-refractivity contribution in [3.63, 3.8) is 0 Å². The van der Waals surface area contributed by atoms with Gasteiger partial charge in [-0.25, -0.2) is 4.98 Å². The van der Waals surface area contributed by atoms with Crippen LogP contribution >= 0.6 is 11.6 Å². The van der Waals surface area contributed by atoms with Crippen LogP contribution in [-0.2, 0) is 6.54 Å². The molecule has 0 atom stereocenters. The molecule has 0 saturated carbocycles. The Morgan fingerprint density at radius 2 is 2.19 bits per heavy atom. The fraction of sp³-hybridized carbons (Fsp3) is 0.133. The molecule has 1 heterocycles. The minimum absolute atomic E-state index is 0.512. The second-order valence-corrected chi connectivity index (χ2v) is 5.04. The van der Waals surface area contributed by atoms with Crippen LogP contribution in [0.5, 0.6) is 5.75 Å². The number of nitrogens with one attached hydrogen (secondary N) is 2. The zero-order valence-corrected chi connectivity index (χ0v) is 12.2. The van der Waals surface area contributed by atoms with Crippen LogP contribution in [0, 0.1) is 0 Å². The Bertz CT molecular complexity index is 784. The van der Waals surface area contributed by atoms with Crippen molar-refractivity contribution in [3.05, 3.63) is 47.0 Å². The summed E-state index contributed by atoms with van der Waals surface area (Å²) in [6.45, 7) is 0.512. The Balaban J connectivity index is 1.83. The number of aromatic nitrogens is 2. The lowest BCUT2D eigenvalue weighted by Crippen LogP contribution is -2.03. The molecular formula is C15H15ClN4O. The van der Waals surface area contributed by atoms with Gasteiger partial charge in [0.1, 0.15) is 5.75 Å². The van der Waals surface area contributed by atoms with Crippen molar-refractivity contribution < 1.29 is 4.74 Å². The molecule has 108 valence electrons. The van der Waals surface area contributed by atoms with Gasteiger partial charge < -0.3 is 20.8 Å². The van der Waals surface area contributed by atoms with E-state index in [9.17, 15) is 0 Å². The summed E-state index contributed by atoms with van der Waals surface area (Å²) in [5.41, 5.74) is 9.09. The Morgan fingerprint density at radius 3 is 3.00 bits per heavy atom. The summed E-state index contributed by atoms with van der Waals surface area (Å²) in [6, 6.07) is 11.1. The number of rotatable bonds is 4. The zero-order chi connectivity index (χ0) is 14.8. The van der Waals surface area contributed by atoms with Gasteiger partial charge in [-0.05, 0) is 30.3 Å². The minimum Gasteiger partial charge on any atom is -0.496 e. The van der Waals surface area contributed by atoms with Crippen molar-refractivity contribution in [3.8, 4) is 5.75 Å². The van der Waals surface area contributed by atoms with E-state index >= 15 is 0 Å². The lowest BCUT2D eigenvalue weighted by Gasteiger charge is -2.10. The second-order valence-electron chi connectivity index (χ2n) is 4.64. The molecule has 3 aromatic rings. The maximum Gasteiger partial charge on any atom is 0.201 e. The number of anilines is 2. The topological polar surface area (TPSA) is 76.0 Å². The van der Waals surface area contributed by atoms with Crippen LogP contribution in [0.25, 0.3) is 11.0 Å². The van der Waals surface area contributed by atoms with Crippen molar-refractivity contribution >= 4 is 34.3 Å². The van der Waals surface area contributed by atoms with Gasteiger partial charge in [-0.2, -0.15) is 0 Å². The highest BCUT2D eigenvalue weighted by Gasteiger charge is 2.09. The molecule has 21 heavy (non-hydrogen) atoms. The second kappa shape index (κ2) is 5.54. The van der Waals surface area contributed by atoms with Gasteiger partial charge in [0, 0.05) is 22.8 Å². The first-order valence-corrected chi connectivity index (χ1v) is 6.85. The Morgan fingerprint density at radius 1 is 1.33 bits per heavy atom. The van der Waals surface area contributed by atoms with Crippen molar-refractivity contribution in [1.82, 2.24) is 9.97 Å². The summed E-state index contributed by atoms with van der Waals surface area (Å²) in [5.74, 6) is 1.41. The van der Waals surface area contributed by atoms with E-state index in [0.717, 1.165) is 22.3 Å². The molecule has 0 unspecified atom stereocenters. The van der Waals surface area contributed by atoms with E-state index in [4.69, 9.17) is 22.1 Å². The van der Waals surface area contributed by atoms with Gasteiger partial charge in [0.25, 0.3) is 0 Å². The molecule has 0 aliphatic heterocycles. The van der Waals surface area contributed by atoms with Crippen molar-refractivity contribution in [1.29, 1.82) is 0 Å². The standard InChI is InChI=1S/C15H15ClN4O/c1-21-14-4-2-3-11(16)10(14)8-18-15-19-12-6-5-9(17)7-13(12)20-15/h2-7H,8,17H2,1H3,(H2,18,19,20). The third-order valence-electron chi connectivity index (χ3n) is 3.23. The van der Waals surface area contributed by atoms with Crippen LogP contribution in [0.1, 0.15) is 5.56 Å². The van der Waals surface area contributed by atoms with E-state index in [0.29, 0.717) is 23.2 Å². The van der Waals surface area contributed by atoms with E-state index < -0.39 is 0 Å². The van der Waals surface area contributed by atoms with Gasteiger partial charge in [-0.15, -0.1) is 0 Å². The highest BCUT2D eigenvalue weighted by molar-refractivity contribution is 6.31. The van der Waals surface area contributed by atoms with Gasteiger partial charge in [-0.1, -0.05) is 17.7 Å². The third kappa shape index (κ3) is 2.73. The monoisotopic (exact) mass is 302 g/mol. The predicted octanol–water partition coefficient (Wildman–Crippen LogP) is 3.42. The highest BCUT2D eigenvalue weighted by Crippen LogP contribution is 2.27. The van der Waals surface area contributed by atoms with E-state index in [2.05, 4.69) is 15.3 Å². The maximum atomic E-state index is 6.21.